The van der Waals surface area contributed by atoms with E-state index in [9.17, 15) is 18.7 Å². The van der Waals surface area contributed by atoms with E-state index < -0.39 is 23.6 Å². The predicted octanol–water partition coefficient (Wildman–Crippen LogP) is 3.20. The Labute approximate surface area is 163 Å². The van der Waals surface area contributed by atoms with Gasteiger partial charge in [-0.2, -0.15) is 0 Å². The van der Waals surface area contributed by atoms with E-state index in [1.807, 2.05) is 20.8 Å². The number of amides is 1. The quantitative estimate of drug-likeness (QED) is 0.689. The molecule has 0 heterocycles. The lowest BCUT2D eigenvalue weighted by Gasteiger charge is -2.30. The maximum absolute atomic E-state index is 14.1. The number of fused-ring (bicyclic) bond motifs is 1. The molecule has 2 saturated carbocycles. The van der Waals surface area contributed by atoms with Crippen LogP contribution in [0.4, 0.5) is 14.5 Å². The normalized spacial score (nSPS) is 25.9. The molecule has 1 aromatic carbocycles. The summed E-state index contributed by atoms with van der Waals surface area (Å²) >= 11 is 0. The summed E-state index contributed by atoms with van der Waals surface area (Å²) < 4.78 is 27.3. The molecule has 2 fully saturated rings. The molecule has 0 aliphatic heterocycles. The van der Waals surface area contributed by atoms with Gasteiger partial charge in [0.1, 0.15) is 11.5 Å². The Morgan fingerprint density at radius 2 is 2.11 bits per heavy atom. The summed E-state index contributed by atoms with van der Waals surface area (Å²) in [4.78, 5) is 17.1. The fourth-order valence-corrected chi connectivity index (χ4v) is 3.62. The van der Waals surface area contributed by atoms with Crippen molar-refractivity contribution in [3.8, 4) is 0 Å². The van der Waals surface area contributed by atoms with Crippen molar-refractivity contribution in [3.63, 3.8) is 0 Å². The Balaban J connectivity index is 1.93. The summed E-state index contributed by atoms with van der Waals surface area (Å²) in [5.74, 6) is -1.25. The molecule has 0 bridgehead atoms. The zero-order valence-corrected chi connectivity index (χ0v) is 16.4. The molecular weight excluding hydrogens is 364 g/mol. The Hall–Kier alpha value is -2.28. The van der Waals surface area contributed by atoms with Crippen molar-refractivity contribution in [2.24, 2.45) is 28.0 Å². The van der Waals surface area contributed by atoms with Crippen LogP contribution in [0.25, 0.3) is 0 Å². The average Bonchev–Trinajstić information content (AvgIpc) is 3.40. The van der Waals surface area contributed by atoms with E-state index in [-0.39, 0.29) is 29.3 Å². The second-order valence-corrected chi connectivity index (χ2v) is 8.70. The molecule has 0 saturated heterocycles. The largest absolute Gasteiger partial charge is 0.394 e. The summed E-state index contributed by atoms with van der Waals surface area (Å²) in [5.41, 5.74) is 7.16. The van der Waals surface area contributed by atoms with Gasteiger partial charge in [0, 0.05) is 23.3 Å². The van der Waals surface area contributed by atoms with Gasteiger partial charge in [-0.3, -0.25) is 4.79 Å². The summed E-state index contributed by atoms with van der Waals surface area (Å²) in [7, 11) is 0. The molecule has 3 unspecified atom stereocenters. The number of carbonyl (C=O) groups is 1. The van der Waals surface area contributed by atoms with Crippen LogP contribution in [0.5, 0.6) is 0 Å². The second kappa shape index (κ2) is 7.62. The minimum Gasteiger partial charge on any atom is -0.394 e. The molecule has 5 nitrogen and oxygen atoms in total. The Bertz CT molecular complexity index is 843. The van der Waals surface area contributed by atoms with Crippen molar-refractivity contribution in [3.05, 3.63) is 41.1 Å². The highest BCUT2D eigenvalue weighted by Crippen LogP contribution is 2.50. The van der Waals surface area contributed by atoms with Gasteiger partial charge in [0.15, 0.2) is 5.82 Å². The number of nitrogens with zero attached hydrogens (tertiary/aromatic N) is 1. The first kappa shape index (κ1) is 20.5. The molecule has 2 aliphatic rings. The fourth-order valence-electron chi connectivity index (χ4n) is 3.62. The lowest BCUT2D eigenvalue weighted by atomic mass is 9.86. The molecule has 28 heavy (non-hydrogen) atoms. The predicted molar refractivity (Wildman–Crippen MR) is 104 cm³/mol. The molecular formula is C21H27F2N3O2. The number of rotatable bonds is 4. The van der Waals surface area contributed by atoms with E-state index in [4.69, 9.17) is 5.73 Å². The highest BCUT2D eigenvalue weighted by molar-refractivity contribution is 6.11. The van der Waals surface area contributed by atoms with Crippen LogP contribution in [-0.4, -0.2) is 29.4 Å². The van der Waals surface area contributed by atoms with Crippen LogP contribution in [0.15, 0.2) is 34.5 Å². The number of halogens is 2. The van der Waals surface area contributed by atoms with Crippen molar-refractivity contribution in [2.45, 2.75) is 46.1 Å². The molecule has 0 spiro atoms. The fraction of sp³-hybridized carbons (Fsp3) is 0.524. The van der Waals surface area contributed by atoms with Gasteiger partial charge in [-0.05, 0) is 42.7 Å². The Kier molecular flexibility index (Phi) is 5.57. The number of benzene rings is 1. The molecule has 152 valence electrons. The number of aliphatic imine (C=N–C) groups is 1. The monoisotopic (exact) mass is 391 g/mol. The van der Waals surface area contributed by atoms with Crippen molar-refractivity contribution >= 4 is 17.3 Å². The van der Waals surface area contributed by atoms with E-state index in [1.165, 1.54) is 6.07 Å². The third-order valence-electron chi connectivity index (χ3n) is 5.60. The van der Waals surface area contributed by atoms with Crippen LogP contribution < -0.4 is 11.1 Å². The number of aliphatic hydroxyl groups excluding tert-OH is 1. The highest BCUT2D eigenvalue weighted by atomic mass is 19.1. The van der Waals surface area contributed by atoms with Gasteiger partial charge < -0.3 is 16.2 Å². The molecule has 3 atom stereocenters. The third kappa shape index (κ3) is 4.24. The minimum atomic E-state index is -0.745. The van der Waals surface area contributed by atoms with E-state index in [2.05, 4.69) is 10.3 Å². The van der Waals surface area contributed by atoms with E-state index in [0.29, 0.717) is 23.6 Å². The highest BCUT2D eigenvalue weighted by Gasteiger charge is 2.46. The first-order valence-electron chi connectivity index (χ1n) is 9.56. The first-order chi connectivity index (χ1) is 13.1. The smallest absolute Gasteiger partial charge is 0.267 e. The van der Waals surface area contributed by atoms with Gasteiger partial charge in [-0.1, -0.05) is 20.8 Å². The van der Waals surface area contributed by atoms with Crippen molar-refractivity contribution in [2.75, 3.05) is 6.61 Å². The van der Waals surface area contributed by atoms with Crippen LogP contribution in [-0.2, 0) is 4.79 Å². The van der Waals surface area contributed by atoms with Crippen LogP contribution in [0.2, 0.25) is 0 Å². The molecule has 0 radical (unpaired) electrons. The number of carbonyl (C=O) groups excluding carboxylic acids is 1. The number of hydrogen-bond donors (Lipinski definition) is 3. The summed E-state index contributed by atoms with van der Waals surface area (Å²) in [5, 5.41) is 12.4. The van der Waals surface area contributed by atoms with Crippen molar-refractivity contribution in [1.82, 2.24) is 5.32 Å². The number of nitrogens with one attached hydrogen (secondary N) is 1. The maximum Gasteiger partial charge on any atom is 0.267 e. The van der Waals surface area contributed by atoms with Crippen LogP contribution >= 0.6 is 0 Å². The van der Waals surface area contributed by atoms with Gasteiger partial charge in [-0.15, -0.1) is 0 Å². The number of aliphatic hydroxyl groups is 1. The van der Waals surface area contributed by atoms with Gasteiger partial charge in [0.25, 0.3) is 5.91 Å². The SMILES string of the molecule is CC(C)(C)C(CO)NC(=O)C(N)=C1CCC2CC2C1=Nc1ccc(F)cc1F. The molecule has 1 amide bonds. The summed E-state index contributed by atoms with van der Waals surface area (Å²) in [6, 6.07) is 2.79. The van der Waals surface area contributed by atoms with Crippen molar-refractivity contribution < 1.29 is 18.7 Å². The lowest BCUT2D eigenvalue weighted by Crippen LogP contribution is -2.48. The Morgan fingerprint density at radius 3 is 2.71 bits per heavy atom. The zero-order valence-electron chi connectivity index (χ0n) is 16.4. The number of hydrogen-bond acceptors (Lipinski definition) is 4. The van der Waals surface area contributed by atoms with Crippen LogP contribution in [0.3, 0.4) is 0 Å². The maximum atomic E-state index is 14.1. The Morgan fingerprint density at radius 1 is 1.39 bits per heavy atom. The van der Waals surface area contributed by atoms with Gasteiger partial charge in [-0.25, -0.2) is 13.8 Å². The molecule has 7 heteroatoms. The average molecular weight is 391 g/mol. The molecule has 2 aliphatic carbocycles. The third-order valence-corrected chi connectivity index (χ3v) is 5.60. The number of nitrogens with two attached hydrogens (primary N) is 1. The van der Waals surface area contributed by atoms with Crippen LogP contribution in [0, 0.1) is 28.9 Å². The zero-order chi connectivity index (χ0) is 20.6. The van der Waals surface area contributed by atoms with Gasteiger partial charge in [0.2, 0.25) is 0 Å². The molecule has 4 N–H and O–H groups in total. The van der Waals surface area contributed by atoms with Gasteiger partial charge >= 0.3 is 0 Å². The van der Waals surface area contributed by atoms with Crippen LogP contribution in [0.1, 0.15) is 40.0 Å². The van der Waals surface area contributed by atoms with Gasteiger partial charge in [0.05, 0.1) is 18.3 Å². The van der Waals surface area contributed by atoms with E-state index >= 15 is 0 Å². The molecule has 1 aromatic rings. The summed E-state index contributed by atoms with van der Waals surface area (Å²) in [6.45, 7) is 5.54. The second-order valence-electron chi connectivity index (χ2n) is 8.70. The standard InChI is InChI=1S/C21H27F2N3O2/c1-21(2,3)17(10-27)26-20(28)18(24)13-6-4-11-8-14(11)19(13)25-16-7-5-12(22)9-15(16)23/h5,7,9,11,14,17,27H,4,6,8,10,24H2,1-3H3,(H,26,28). The first-order valence-corrected chi connectivity index (χ1v) is 9.56. The topological polar surface area (TPSA) is 87.7 Å². The lowest BCUT2D eigenvalue weighted by molar-refractivity contribution is -0.119. The summed E-state index contributed by atoms with van der Waals surface area (Å²) in [6.07, 6.45) is 2.42. The van der Waals surface area contributed by atoms with E-state index in [0.717, 1.165) is 25.0 Å². The minimum absolute atomic E-state index is 0.0394. The van der Waals surface area contributed by atoms with Crippen molar-refractivity contribution in [1.29, 1.82) is 0 Å². The molecule has 0 aromatic heterocycles. The molecule has 3 rings (SSSR count). The number of allylic oxidation sites excluding steroid dienone is 1. The van der Waals surface area contributed by atoms with E-state index in [1.54, 1.807) is 0 Å².